The standard InChI is InChI=1S/C8H18O2S/c1-8(2)11-7-3-5-10-6-4-9/h8-9H,3-7H2,1-2H3. The molecule has 1 N–H and O–H groups in total. The predicted octanol–water partition coefficient (Wildman–Crippen LogP) is 1.53. The van der Waals surface area contributed by atoms with E-state index in [4.69, 9.17) is 9.84 Å². The second kappa shape index (κ2) is 8.37. The minimum absolute atomic E-state index is 0.136. The first kappa shape index (κ1) is 11.3. The lowest BCUT2D eigenvalue weighted by molar-refractivity contribution is 0.0933. The Morgan fingerprint density at radius 1 is 1.36 bits per heavy atom. The lowest BCUT2D eigenvalue weighted by Gasteiger charge is -2.04. The summed E-state index contributed by atoms with van der Waals surface area (Å²) in [6.07, 6.45) is 1.09. The zero-order valence-corrected chi connectivity index (χ0v) is 8.19. The fraction of sp³-hybridized carbons (Fsp3) is 1.00. The number of aliphatic hydroxyl groups excluding tert-OH is 1. The van der Waals surface area contributed by atoms with E-state index in [-0.39, 0.29) is 6.61 Å². The molecule has 0 radical (unpaired) electrons. The van der Waals surface area contributed by atoms with Crippen LogP contribution in [0.4, 0.5) is 0 Å². The Morgan fingerprint density at radius 2 is 2.09 bits per heavy atom. The SMILES string of the molecule is CC(C)SCCCOCCO. The van der Waals surface area contributed by atoms with Gasteiger partial charge in [0.1, 0.15) is 0 Å². The summed E-state index contributed by atoms with van der Waals surface area (Å²) in [5.41, 5.74) is 0. The molecule has 0 fully saturated rings. The second-order valence-electron chi connectivity index (χ2n) is 2.61. The molecule has 0 spiro atoms. The van der Waals surface area contributed by atoms with Gasteiger partial charge in [0.05, 0.1) is 13.2 Å². The molecule has 0 rings (SSSR count). The van der Waals surface area contributed by atoms with Crippen molar-refractivity contribution in [2.75, 3.05) is 25.6 Å². The van der Waals surface area contributed by atoms with Crippen LogP contribution in [0.2, 0.25) is 0 Å². The van der Waals surface area contributed by atoms with Gasteiger partial charge in [-0.05, 0) is 17.4 Å². The Kier molecular flexibility index (Phi) is 8.57. The Balaban J connectivity index is 2.80. The van der Waals surface area contributed by atoms with E-state index in [1.165, 1.54) is 0 Å². The number of hydrogen-bond acceptors (Lipinski definition) is 3. The maximum absolute atomic E-state index is 8.38. The molecule has 0 unspecified atom stereocenters. The number of rotatable bonds is 7. The van der Waals surface area contributed by atoms with Crippen LogP contribution in [-0.4, -0.2) is 35.9 Å². The highest BCUT2D eigenvalue weighted by atomic mass is 32.2. The van der Waals surface area contributed by atoms with Crippen LogP contribution in [0.3, 0.4) is 0 Å². The molecule has 0 heterocycles. The molecule has 0 aromatic carbocycles. The molecule has 0 saturated carbocycles. The van der Waals surface area contributed by atoms with E-state index < -0.39 is 0 Å². The molecule has 68 valence electrons. The number of aliphatic hydroxyl groups is 1. The average Bonchev–Trinajstić information content (AvgIpc) is 1.96. The minimum Gasteiger partial charge on any atom is -0.394 e. The summed E-state index contributed by atoms with van der Waals surface area (Å²) in [6, 6.07) is 0. The van der Waals surface area contributed by atoms with Gasteiger partial charge in [-0.3, -0.25) is 0 Å². The average molecular weight is 178 g/mol. The first-order chi connectivity index (χ1) is 5.27. The quantitative estimate of drug-likeness (QED) is 0.599. The third kappa shape index (κ3) is 10.3. The van der Waals surface area contributed by atoms with Gasteiger partial charge < -0.3 is 9.84 Å². The van der Waals surface area contributed by atoms with Crippen LogP contribution in [0.25, 0.3) is 0 Å². The molecule has 0 aliphatic rings. The van der Waals surface area contributed by atoms with E-state index >= 15 is 0 Å². The maximum Gasteiger partial charge on any atom is 0.0697 e. The van der Waals surface area contributed by atoms with Crippen molar-refractivity contribution < 1.29 is 9.84 Å². The first-order valence-corrected chi connectivity index (χ1v) is 5.12. The smallest absolute Gasteiger partial charge is 0.0697 e. The molecule has 0 aromatic rings. The largest absolute Gasteiger partial charge is 0.394 e. The highest BCUT2D eigenvalue weighted by Crippen LogP contribution is 2.09. The lowest BCUT2D eigenvalue weighted by atomic mass is 10.5. The number of hydrogen-bond donors (Lipinski definition) is 1. The van der Waals surface area contributed by atoms with Gasteiger partial charge in [-0.1, -0.05) is 13.8 Å². The van der Waals surface area contributed by atoms with Crippen LogP contribution in [-0.2, 0) is 4.74 Å². The van der Waals surface area contributed by atoms with Gasteiger partial charge in [-0.15, -0.1) is 0 Å². The van der Waals surface area contributed by atoms with Crippen molar-refractivity contribution in [2.45, 2.75) is 25.5 Å². The Labute approximate surface area is 73.3 Å². The molecule has 0 amide bonds. The van der Waals surface area contributed by atoms with Crippen molar-refractivity contribution in [1.29, 1.82) is 0 Å². The summed E-state index contributed by atoms with van der Waals surface area (Å²) in [6.45, 7) is 5.78. The van der Waals surface area contributed by atoms with Gasteiger partial charge in [0.2, 0.25) is 0 Å². The van der Waals surface area contributed by atoms with Crippen LogP contribution in [0.15, 0.2) is 0 Å². The Hall–Kier alpha value is 0.270. The van der Waals surface area contributed by atoms with Crippen LogP contribution in [0, 0.1) is 0 Å². The van der Waals surface area contributed by atoms with E-state index in [0.29, 0.717) is 11.9 Å². The molecule has 0 aliphatic heterocycles. The van der Waals surface area contributed by atoms with E-state index in [1.807, 2.05) is 11.8 Å². The molecule has 11 heavy (non-hydrogen) atoms. The van der Waals surface area contributed by atoms with Gasteiger partial charge in [-0.25, -0.2) is 0 Å². The topological polar surface area (TPSA) is 29.5 Å². The Morgan fingerprint density at radius 3 is 2.64 bits per heavy atom. The molecule has 0 saturated heterocycles. The van der Waals surface area contributed by atoms with Crippen LogP contribution >= 0.6 is 11.8 Å². The van der Waals surface area contributed by atoms with Crippen molar-refractivity contribution in [3.8, 4) is 0 Å². The summed E-state index contributed by atoms with van der Waals surface area (Å²) in [7, 11) is 0. The molecule has 0 aromatic heterocycles. The van der Waals surface area contributed by atoms with Crippen molar-refractivity contribution in [2.24, 2.45) is 0 Å². The predicted molar refractivity (Wildman–Crippen MR) is 50.1 cm³/mol. The lowest BCUT2D eigenvalue weighted by Crippen LogP contribution is -2.02. The summed E-state index contributed by atoms with van der Waals surface area (Å²) in [5, 5.41) is 9.10. The first-order valence-electron chi connectivity index (χ1n) is 4.07. The molecule has 0 bridgehead atoms. The summed E-state index contributed by atoms with van der Waals surface area (Å²) in [5.74, 6) is 1.16. The summed E-state index contributed by atoms with van der Waals surface area (Å²) in [4.78, 5) is 0. The van der Waals surface area contributed by atoms with Crippen LogP contribution < -0.4 is 0 Å². The maximum atomic E-state index is 8.38. The zero-order valence-electron chi connectivity index (χ0n) is 7.38. The highest BCUT2D eigenvalue weighted by Gasteiger charge is 1.93. The summed E-state index contributed by atoms with van der Waals surface area (Å²) < 4.78 is 5.10. The van der Waals surface area contributed by atoms with Crippen molar-refractivity contribution in [3.05, 3.63) is 0 Å². The molecule has 0 atom stereocenters. The molecule has 0 aliphatic carbocycles. The number of thioether (sulfide) groups is 1. The van der Waals surface area contributed by atoms with Crippen LogP contribution in [0.5, 0.6) is 0 Å². The van der Waals surface area contributed by atoms with Crippen molar-refractivity contribution in [3.63, 3.8) is 0 Å². The van der Waals surface area contributed by atoms with Crippen molar-refractivity contribution in [1.82, 2.24) is 0 Å². The van der Waals surface area contributed by atoms with E-state index in [0.717, 1.165) is 18.8 Å². The second-order valence-corrected chi connectivity index (χ2v) is 4.29. The fourth-order valence-corrected chi connectivity index (χ4v) is 1.40. The third-order valence-electron chi connectivity index (χ3n) is 1.12. The monoisotopic (exact) mass is 178 g/mol. The third-order valence-corrected chi connectivity index (χ3v) is 2.31. The number of ether oxygens (including phenoxy) is 1. The molecule has 3 heteroatoms. The van der Waals surface area contributed by atoms with E-state index in [1.54, 1.807) is 0 Å². The zero-order chi connectivity index (χ0) is 8.53. The minimum atomic E-state index is 0.136. The Bertz CT molecular complexity index is 76.5. The van der Waals surface area contributed by atoms with Gasteiger partial charge in [0.25, 0.3) is 0 Å². The highest BCUT2D eigenvalue weighted by molar-refractivity contribution is 7.99. The molecular weight excluding hydrogens is 160 g/mol. The van der Waals surface area contributed by atoms with Gasteiger partial charge in [0, 0.05) is 6.61 Å². The van der Waals surface area contributed by atoms with Gasteiger partial charge in [-0.2, -0.15) is 11.8 Å². The van der Waals surface area contributed by atoms with E-state index in [9.17, 15) is 0 Å². The molecule has 2 nitrogen and oxygen atoms in total. The van der Waals surface area contributed by atoms with E-state index in [2.05, 4.69) is 13.8 Å². The normalized spacial score (nSPS) is 10.9. The van der Waals surface area contributed by atoms with Gasteiger partial charge >= 0.3 is 0 Å². The van der Waals surface area contributed by atoms with Crippen LogP contribution in [0.1, 0.15) is 20.3 Å². The molecular formula is C8H18O2S. The summed E-state index contributed by atoms with van der Waals surface area (Å²) >= 11 is 1.95. The van der Waals surface area contributed by atoms with Gasteiger partial charge in [0.15, 0.2) is 0 Å². The van der Waals surface area contributed by atoms with Crippen molar-refractivity contribution >= 4 is 11.8 Å². The fourth-order valence-electron chi connectivity index (χ4n) is 0.647.